The first-order valence-electron chi connectivity index (χ1n) is 5.35. The number of sulfone groups is 1. The fourth-order valence-corrected chi connectivity index (χ4v) is 3.27. The minimum absolute atomic E-state index is 0.0176. The summed E-state index contributed by atoms with van der Waals surface area (Å²) in [6.07, 6.45) is 0.410. The van der Waals surface area contributed by atoms with Crippen molar-refractivity contribution in [1.82, 2.24) is 5.32 Å². The molecule has 0 bridgehead atoms. The Bertz CT molecular complexity index is 361. The predicted octanol–water partition coefficient (Wildman–Crippen LogP) is -0.444. The lowest BCUT2D eigenvalue weighted by Gasteiger charge is -2.22. The zero-order valence-corrected chi connectivity index (χ0v) is 10.5. The van der Waals surface area contributed by atoms with E-state index in [4.69, 9.17) is 5.11 Å². The first-order chi connectivity index (χ1) is 7.26. The number of carbonyl (C=O) groups excluding carboxylic acids is 1. The van der Waals surface area contributed by atoms with Crippen LogP contribution in [-0.2, 0) is 14.6 Å². The zero-order chi connectivity index (χ0) is 12.4. The Morgan fingerprint density at radius 3 is 2.56 bits per heavy atom. The van der Waals surface area contributed by atoms with Crippen LogP contribution in [0.3, 0.4) is 0 Å². The highest BCUT2D eigenvalue weighted by atomic mass is 32.2. The molecule has 0 saturated carbocycles. The molecule has 1 amide bonds. The summed E-state index contributed by atoms with van der Waals surface area (Å²) in [5, 5.41) is 11.7. The fraction of sp³-hybridized carbons (Fsp3) is 0.900. The van der Waals surface area contributed by atoms with E-state index in [2.05, 4.69) is 5.32 Å². The lowest BCUT2D eigenvalue weighted by Crippen LogP contribution is -2.39. The molecule has 0 aliphatic carbocycles. The third-order valence-corrected chi connectivity index (χ3v) is 4.54. The highest BCUT2D eigenvalue weighted by molar-refractivity contribution is 7.91. The maximum absolute atomic E-state index is 11.6. The molecule has 2 N–H and O–H groups in total. The van der Waals surface area contributed by atoms with E-state index in [9.17, 15) is 13.2 Å². The summed E-state index contributed by atoms with van der Waals surface area (Å²) in [6, 6.07) is 0. The van der Waals surface area contributed by atoms with Crippen LogP contribution in [0.25, 0.3) is 0 Å². The topological polar surface area (TPSA) is 83.5 Å². The molecule has 1 heterocycles. The highest BCUT2D eigenvalue weighted by Gasteiger charge is 2.33. The molecule has 0 aromatic heterocycles. The summed E-state index contributed by atoms with van der Waals surface area (Å²) >= 11 is 0. The van der Waals surface area contributed by atoms with Crippen LogP contribution in [0.5, 0.6) is 0 Å². The molecule has 5 nitrogen and oxygen atoms in total. The van der Waals surface area contributed by atoms with E-state index < -0.39 is 15.8 Å². The molecule has 1 aliphatic rings. The summed E-state index contributed by atoms with van der Waals surface area (Å²) in [4.78, 5) is 11.6. The van der Waals surface area contributed by atoms with Crippen LogP contribution in [0.1, 0.15) is 20.3 Å². The lowest BCUT2D eigenvalue weighted by molar-refractivity contribution is -0.124. The van der Waals surface area contributed by atoms with Gasteiger partial charge < -0.3 is 10.4 Å². The van der Waals surface area contributed by atoms with Gasteiger partial charge in [-0.05, 0) is 6.42 Å². The predicted molar refractivity (Wildman–Crippen MR) is 60.6 cm³/mol. The molecular weight excluding hydrogens is 230 g/mol. The molecule has 1 fully saturated rings. The molecule has 16 heavy (non-hydrogen) atoms. The summed E-state index contributed by atoms with van der Waals surface area (Å²) in [6.45, 7) is 4.01. The average Bonchev–Trinajstić information content (AvgIpc) is 2.55. The van der Waals surface area contributed by atoms with Crippen LogP contribution in [0.4, 0.5) is 0 Å². The van der Waals surface area contributed by atoms with Gasteiger partial charge in [0.1, 0.15) is 0 Å². The van der Waals surface area contributed by atoms with Crippen molar-refractivity contribution in [2.24, 2.45) is 11.3 Å². The number of aliphatic hydroxyl groups excluding tert-OH is 1. The molecule has 1 unspecified atom stereocenters. The largest absolute Gasteiger partial charge is 0.396 e. The van der Waals surface area contributed by atoms with Crippen molar-refractivity contribution in [2.45, 2.75) is 20.3 Å². The number of amides is 1. The maximum Gasteiger partial charge on any atom is 0.224 e. The minimum Gasteiger partial charge on any atom is -0.396 e. The highest BCUT2D eigenvalue weighted by Crippen LogP contribution is 2.19. The van der Waals surface area contributed by atoms with E-state index in [1.807, 2.05) is 13.8 Å². The zero-order valence-electron chi connectivity index (χ0n) is 9.69. The monoisotopic (exact) mass is 249 g/mol. The van der Waals surface area contributed by atoms with Gasteiger partial charge in [-0.3, -0.25) is 4.79 Å². The van der Waals surface area contributed by atoms with Crippen molar-refractivity contribution in [1.29, 1.82) is 0 Å². The molecule has 1 rings (SSSR count). The molecule has 0 radical (unpaired) electrons. The molecule has 1 saturated heterocycles. The second-order valence-corrected chi connectivity index (χ2v) is 7.37. The number of aliphatic hydroxyl groups is 1. The Morgan fingerprint density at radius 1 is 1.50 bits per heavy atom. The van der Waals surface area contributed by atoms with Crippen LogP contribution in [-0.4, -0.2) is 44.1 Å². The quantitative estimate of drug-likeness (QED) is 0.707. The van der Waals surface area contributed by atoms with Gasteiger partial charge in [0.25, 0.3) is 0 Å². The van der Waals surface area contributed by atoms with Gasteiger partial charge in [0, 0.05) is 18.6 Å². The Labute approximate surface area is 96.1 Å². The third kappa shape index (κ3) is 3.75. The molecule has 94 valence electrons. The van der Waals surface area contributed by atoms with Crippen molar-refractivity contribution in [3.63, 3.8) is 0 Å². The van der Waals surface area contributed by atoms with Gasteiger partial charge in [0.2, 0.25) is 5.91 Å². The maximum atomic E-state index is 11.6. The molecule has 1 atom stereocenters. The van der Waals surface area contributed by atoms with E-state index in [1.165, 1.54) is 0 Å². The first-order valence-corrected chi connectivity index (χ1v) is 7.17. The Hall–Kier alpha value is -0.620. The molecule has 6 heteroatoms. The van der Waals surface area contributed by atoms with E-state index in [-0.39, 0.29) is 29.4 Å². The van der Waals surface area contributed by atoms with E-state index >= 15 is 0 Å². The summed E-state index contributed by atoms with van der Waals surface area (Å²) in [7, 11) is -3.01. The molecule has 1 aliphatic heterocycles. The number of hydrogen-bond donors (Lipinski definition) is 2. The van der Waals surface area contributed by atoms with Gasteiger partial charge in [-0.1, -0.05) is 13.8 Å². The summed E-state index contributed by atoms with van der Waals surface area (Å²) < 4.78 is 22.4. The van der Waals surface area contributed by atoms with Crippen molar-refractivity contribution in [3.8, 4) is 0 Å². The van der Waals surface area contributed by atoms with Crippen LogP contribution >= 0.6 is 0 Å². The number of nitrogens with one attached hydrogen (secondary N) is 1. The summed E-state index contributed by atoms with van der Waals surface area (Å²) in [5.41, 5.74) is -0.368. The van der Waals surface area contributed by atoms with Crippen molar-refractivity contribution >= 4 is 15.7 Å². The summed E-state index contributed by atoms with van der Waals surface area (Å²) in [5.74, 6) is -0.575. The van der Waals surface area contributed by atoms with Gasteiger partial charge in [0.15, 0.2) is 9.84 Å². The lowest BCUT2D eigenvalue weighted by atomic mass is 9.94. The second kappa shape index (κ2) is 4.71. The van der Waals surface area contributed by atoms with E-state index in [1.54, 1.807) is 0 Å². The Balaban J connectivity index is 2.43. The average molecular weight is 249 g/mol. The van der Waals surface area contributed by atoms with Gasteiger partial charge in [-0.2, -0.15) is 0 Å². The second-order valence-electron chi connectivity index (χ2n) is 5.14. The number of hydrogen-bond acceptors (Lipinski definition) is 4. The van der Waals surface area contributed by atoms with Gasteiger partial charge in [-0.15, -0.1) is 0 Å². The molecule has 0 aromatic rings. The van der Waals surface area contributed by atoms with E-state index in [0.717, 1.165) is 0 Å². The van der Waals surface area contributed by atoms with Crippen LogP contribution in [0.2, 0.25) is 0 Å². The normalized spacial score (nSPS) is 24.3. The van der Waals surface area contributed by atoms with Crippen molar-refractivity contribution in [3.05, 3.63) is 0 Å². The Kier molecular flexibility index (Phi) is 3.96. The van der Waals surface area contributed by atoms with Crippen LogP contribution in [0.15, 0.2) is 0 Å². The standard InChI is InChI=1S/C10H19NO4S/c1-10(2,7-12)6-11-9(13)8-3-4-16(14,15)5-8/h8,12H,3-7H2,1-2H3,(H,11,13). The Morgan fingerprint density at radius 2 is 2.12 bits per heavy atom. The third-order valence-electron chi connectivity index (χ3n) is 2.77. The number of carbonyl (C=O) groups is 1. The van der Waals surface area contributed by atoms with Gasteiger partial charge in [-0.25, -0.2) is 8.42 Å². The van der Waals surface area contributed by atoms with Crippen LogP contribution < -0.4 is 5.32 Å². The smallest absolute Gasteiger partial charge is 0.224 e. The molecule has 0 spiro atoms. The minimum atomic E-state index is -3.01. The van der Waals surface area contributed by atoms with E-state index in [0.29, 0.717) is 13.0 Å². The molecule has 0 aromatic carbocycles. The van der Waals surface area contributed by atoms with Crippen molar-refractivity contribution in [2.75, 3.05) is 24.7 Å². The molecular formula is C10H19NO4S. The van der Waals surface area contributed by atoms with Gasteiger partial charge >= 0.3 is 0 Å². The first kappa shape index (κ1) is 13.4. The van der Waals surface area contributed by atoms with Crippen LogP contribution in [0, 0.1) is 11.3 Å². The SMILES string of the molecule is CC(C)(CO)CNC(=O)C1CCS(=O)(=O)C1. The fourth-order valence-electron chi connectivity index (χ4n) is 1.53. The number of rotatable bonds is 4. The van der Waals surface area contributed by atoms with Crippen molar-refractivity contribution < 1.29 is 18.3 Å². The van der Waals surface area contributed by atoms with Gasteiger partial charge in [0.05, 0.1) is 17.4 Å².